The van der Waals surface area contributed by atoms with Crippen molar-refractivity contribution in [2.24, 2.45) is 0 Å². The number of hydrogen-bond donors (Lipinski definition) is 3. The Kier molecular flexibility index (Phi) is 7.24. The Bertz CT molecular complexity index is 1670. The van der Waals surface area contributed by atoms with Crippen LogP contribution in [0, 0.1) is 0 Å². The number of hydrogen-bond acceptors (Lipinski definition) is 8. The summed E-state index contributed by atoms with van der Waals surface area (Å²) < 4.78 is 34.2. The van der Waals surface area contributed by atoms with Gasteiger partial charge in [-0.3, -0.25) is 14.8 Å². The molecule has 1 aliphatic heterocycles. The number of carboxylic acids is 1. The van der Waals surface area contributed by atoms with Gasteiger partial charge in [0.25, 0.3) is 5.91 Å². The minimum Gasteiger partial charge on any atom is -0.478 e. The topological polar surface area (TPSA) is 151 Å². The minimum absolute atomic E-state index is 0.0117. The summed E-state index contributed by atoms with van der Waals surface area (Å²) in [6.07, 6.45) is 2.85. The predicted octanol–water partition coefficient (Wildman–Crippen LogP) is 3.12. The molecule has 0 aliphatic carbocycles. The van der Waals surface area contributed by atoms with Gasteiger partial charge in [-0.15, -0.1) is 0 Å². The molecule has 11 nitrogen and oxygen atoms in total. The van der Waals surface area contributed by atoms with Crippen LogP contribution in [0.4, 0.5) is 11.4 Å². The number of nitrogens with one attached hydrogen (secondary N) is 2. The number of morpholine rings is 1. The zero-order chi connectivity index (χ0) is 27.6. The maximum Gasteiger partial charge on any atom is 0.337 e. The molecule has 4 aromatic rings. The number of sulfonamides is 1. The third kappa shape index (κ3) is 5.17. The predicted molar refractivity (Wildman–Crippen MR) is 145 cm³/mol. The first-order valence-corrected chi connectivity index (χ1v) is 13.5. The summed E-state index contributed by atoms with van der Waals surface area (Å²) >= 11 is 0. The number of pyridine rings is 2. The number of carbonyl (C=O) groups is 2. The first-order valence-electron chi connectivity index (χ1n) is 12.1. The van der Waals surface area contributed by atoms with Crippen molar-refractivity contribution in [3.63, 3.8) is 0 Å². The molecule has 0 saturated carbocycles. The van der Waals surface area contributed by atoms with Gasteiger partial charge in [0.1, 0.15) is 10.6 Å². The fourth-order valence-corrected chi connectivity index (χ4v) is 5.86. The van der Waals surface area contributed by atoms with E-state index in [-0.39, 0.29) is 59.7 Å². The molecule has 1 fully saturated rings. The van der Waals surface area contributed by atoms with Crippen LogP contribution in [0.25, 0.3) is 22.0 Å². The number of para-hydroxylation sites is 1. The van der Waals surface area contributed by atoms with Crippen molar-refractivity contribution in [1.29, 1.82) is 0 Å². The number of carboxylic acid groups (broad SMARTS) is 1. The average molecular weight is 548 g/mol. The quantitative estimate of drug-likeness (QED) is 0.317. The van der Waals surface area contributed by atoms with Crippen LogP contribution in [0.3, 0.4) is 0 Å². The van der Waals surface area contributed by atoms with Crippen LogP contribution >= 0.6 is 0 Å². The Morgan fingerprint density at radius 2 is 1.72 bits per heavy atom. The summed E-state index contributed by atoms with van der Waals surface area (Å²) in [5.74, 6) is -1.47. The zero-order valence-electron chi connectivity index (χ0n) is 20.9. The number of aromatic carboxylic acids is 1. The standard InChI is InChI=1S/C27H25N5O6S/c1-28-26(33)23-9-7-18(15-29-23)17-6-8-21-20(14-17)25(31-22-5-3-2-4-19(22)27(34)35)24(16-30-21)39(36,37)32-10-12-38-13-11-32/h2-9,14-16H,10-13H2,1H3,(H,28,33)(H,30,31)(H,34,35). The lowest BCUT2D eigenvalue weighted by molar-refractivity contribution is 0.0697. The van der Waals surface area contributed by atoms with Crippen LogP contribution in [-0.2, 0) is 14.8 Å². The molecular formula is C27H25N5O6S. The molecule has 0 bridgehead atoms. The second-order valence-electron chi connectivity index (χ2n) is 8.73. The van der Waals surface area contributed by atoms with Gasteiger partial charge in [0.05, 0.1) is 35.7 Å². The molecule has 0 unspecified atom stereocenters. The zero-order valence-corrected chi connectivity index (χ0v) is 21.7. The molecule has 12 heteroatoms. The molecule has 3 N–H and O–H groups in total. The summed E-state index contributed by atoms with van der Waals surface area (Å²) in [6, 6.07) is 14.9. The molecule has 3 heterocycles. The van der Waals surface area contributed by atoms with E-state index >= 15 is 0 Å². The first-order chi connectivity index (χ1) is 18.8. The van der Waals surface area contributed by atoms with E-state index in [9.17, 15) is 23.1 Å². The molecule has 1 aliphatic rings. The molecule has 1 saturated heterocycles. The number of fused-ring (bicyclic) bond motifs is 1. The lowest BCUT2D eigenvalue weighted by atomic mass is 10.0. The van der Waals surface area contributed by atoms with E-state index in [1.165, 1.54) is 23.6 Å². The Morgan fingerprint density at radius 1 is 0.974 bits per heavy atom. The number of rotatable bonds is 7. The highest BCUT2D eigenvalue weighted by molar-refractivity contribution is 7.89. The summed E-state index contributed by atoms with van der Waals surface area (Å²) in [6.45, 7) is 0.923. The van der Waals surface area contributed by atoms with E-state index in [0.717, 1.165) is 0 Å². The Hall–Kier alpha value is -4.39. The first kappa shape index (κ1) is 26.2. The van der Waals surface area contributed by atoms with Crippen LogP contribution in [-0.4, -0.2) is 73.0 Å². The molecule has 0 atom stereocenters. The van der Waals surface area contributed by atoms with Gasteiger partial charge in [-0.2, -0.15) is 4.31 Å². The lowest BCUT2D eigenvalue weighted by Crippen LogP contribution is -2.40. The van der Waals surface area contributed by atoms with Crippen LogP contribution in [0.15, 0.2) is 71.9 Å². The van der Waals surface area contributed by atoms with Crippen LogP contribution < -0.4 is 10.6 Å². The largest absolute Gasteiger partial charge is 0.478 e. The van der Waals surface area contributed by atoms with Crippen molar-refractivity contribution < 1.29 is 27.9 Å². The van der Waals surface area contributed by atoms with Crippen molar-refractivity contribution >= 4 is 44.2 Å². The van der Waals surface area contributed by atoms with Crippen LogP contribution in [0.5, 0.6) is 0 Å². The number of aromatic nitrogens is 2. The normalized spacial score (nSPS) is 14.2. The summed E-state index contributed by atoms with van der Waals surface area (Å²) in [4.78, 5) is 32.4. The van der Waals surface area contributed by atoms with E-state index < -0.39 is 16.0 Å². The van der Waals surface area contributed by atoms with Gasteiger partial charge in [-0.05, 0) is 35.9 Å². The van der Waals surface area contributed by atoms with Gasteiger partial charge in [0, 0.05) is 43.5 Å². The molecule has 1 amide bonds. The van der Waals surface area contributed by atoms with E-state index in [1.807, 2.05) is 6.07 Å². The van der Waals surface area contributed by atoms with E-state index in [4.69, 9.17) is 4.74 Å². The third-order valence-electron chi connectivity index (χ3n) is 6.39. The highest BCUT2D eigenvalue weighted by Crippen LogP contribution is 2.36. The van der Waals surface area contributed by atoms with Crippen LogP contribution in [0.1, 0.15) is 20.8 Å². The van der Waals surface area contributed by atoms with Gasteiger partial charge < -0.3 is 20.5 Å². The van der Waals surface area contributed by atoms with Crippen molar-refractivity contribution in [2.75, 3.05) is 38.7 Å². The van der Waals surface area contributed by atoms with Crippen LogP contribution in [0.2, 0.25) is 0 Å². The Morgan fingerprint density at radius 3 is 2.41 bits per heavy atom. The Balaban J connectivity index is 1.69. The maximum absolute atomic E-state index is 13.8. The third-order valence-corrected chi connectivity index (χ3v) is 8.31. The molecule has 5 rings (SSSR count). The molecular weight excluding hydrogens is 522 g/mol. The summed E-state index contributed by atoms with van der Waals surface area (Å²) in [5.41, 5.74) is 2.59. The minimum atomic E-state index is -4.01. The van der Waals surface area contributed by atoms with Gasteiger partial charge in [-0.25, -0.2) is 13.2 Å². The monoisotopic (exact) mass is 547 g/mol. The number of amides is 1. The molecule has 39 heavy (non-hydrogen) atoms. The molecule has 0 spiro atoms. The van der Waals surface area contributed by atoms with Crippen molar-refractivity contribution in [3.05, 3.63) is 78.2 Å². The molecule has 0 radical (unpaired) electrons. The van der Waals surface area contributed by atoms with Gasteiger partial charge in [0.15, 0.2) is 0 Å². The molecule has 2 aromatic heterocycles. The number of anilines is 2. The smallest absolute Gasteiger partial charge is 0.337 e. The molecule has 2 aromatic carbocycles. The number of ether oxygens (including phenoxy) is 1. The lowest BCUT2D eigenvalue weighted by Gasteiger charge is -2.27. The van der Waals surface area contributed by atoms with Crippen molar-refractivity contribution in [2.45, 2.75) is 4.90 Å². The second kappa shape index (κ2) is 10.8. The highest BCUT2D eigenvalue weighted by atomic mass is 32.2. The molecule has 200 valence electrons. The van der Waals surface area contributed by atoms with E-state index in [2.05, 4.69) is 20.6 Å². The number of nitrogens with zero attached hydrogens (tertiary/aromatic N) is 3. The highest BCUT2D eigenvalue weighted by Gasteiger charge is 2.30. The van der Waals surface area contributed by atoms with E-state index in [0.29, 0.717) is 22.0 Å². The second-order valence-corrected chi connectivity index (χ2v) is 10.6. The summed E-state index contributed by atoms with van der Waals surface area (Å²) in [7, 11) is -2.49. The van der Waals surface area contributed by atoms with Gasteiger partial charge >= 0.3 is 5.97 Å². The Labute approximate surface area is 224 Å². The van der Waals surface area contributed by atoms with Gasteiger partial charge in [0.2, 0.25) is 10.0 Å². The van der Waals surface area contributed by atoms with Crippen molar-refractivity contribution in [3.8, 4) is 11.1 Å². The number of carbonyl (C=O) groups excluding carboxylic acids is 1. The summed E-state index contributed by atoms with van der Waals surface area (Å²) in [5, 5.41) is 15.8. The fourth-order valence-electron chi connectivity index (χ4n) is 4.34. The SMILES string of the molecule is CNC(=O)c1ccc(-c2ccc3ncc(S(=O)(=O)N4CCOCC4)c(Nc4ccccc4C(=O)O)c3c2)cn1. The van der Waals surface area contributed by atoms with Crippen molar-refractivity contribution in [1.82, 2.24) is 19.6 Å². The van der Waals surface area contributed by atoms with E-state index in [1.54, 1.807) is 48.7 Å². The average Bonchev–Trinajstić information content (AvgIpc) is 2.97. The van der Waals surface area contributed by atoms with Gasteiger partial charge in [-0.1, -0.05) is 24.3 Å². The maximum atomic E-state index is 13.8. The fraction of sp³-hybridized carbons (Fsp3) is 0.185. The number of benzene rings is 2.